The predicted octanol–water partition coefficient (Wildman–Crippen LogP) is 0.369. The lowest BCUT2D eigenvalue weighted by molar-refractivity contribution is -0.118. The van der Waals surface area contributed by atoms with E-state index in [4.69, 9.17) is 4.74 Å². The summed E-state index contributed by atoms with van der Waals surface area (Å²) in [6, 6.07) is 5.71. The molecule has 86 valence electrons. The summed E-state index contributed by atoms with van der Waals surface area (Å²) in [5, 5.41) is 0. The first-order valence-electron chi connectivity index (χ1n) is 5.29. The van der Waals surface area contributed by atoms with E-state index < -0.39 is 0 Å². The lowest BCUT2D eigenvalue weighted by atomic mass is 10.3. The first-order chi connectivity index (χ1) is 7.83. The molecular formula is C11H15N3O2. The van der Waals surface area contributed by atoms with Crippen molar-refractivity contribution in [2.45, 2.75) is 0 Å². The molecule has 0 spiro atoms. The van der Waals surface area contributed by atoms with Gasteiger partial charge in [-0.25, -0.2) is 0 Å². The molecule has 0 N–H and O–H groups in total. The maximum atomic E-state index is 10.6. The van der Waals surface area contributed by atoms with E-state index in [0.29, 0.717) is 5.88 Å². The van der Waals surface area contributed by atoms with Crippen LogP contribution < -0.4 is 9.64 Å². The lowest BCUT2D eigenvalue weighted by Gasteiger charge is -2.33. The molecule has 1 saturated heterocycles. The van der Waals surface area contributed by atoms with Gasteiger partial charge in [-0.1, -0.05) is 6.07 Å². The Balaban J connectivity index is 2.04. The lowest BCUT2D eigenvalue weighted by Crippen LogP contribution is -2.46. The summed E-state index contributed by atoms with van der Waals surface area (Å²) in [5.74, 6) is 1.53. The molecule has 5 nitrogen and oxygen atoms in total. The third kappa shape index (κ3) is 2.24. The molecule has 0 atom stereocenters. The Morgan fingerprint density at radius 2 is 2.06 bits per heavy atom. The highest BCUT2D eigenvalue weighted by molar-refractivity contribution is 5.49. The topological polar surface area (TPSA) is 45.7 Å². The van der Waals surface area contributed by atoms with E-state index in [1.807, 2.05) is 18.2 Å². The second kappa shape index (κ2) is 4.83. The first kappa shape index (κ1) is 10.7. The van der Waals surface area contributed by atoms with Crippen LogP contribution in [0.4, 0.5) is 5.82 Å². The van der Waals surface area contributed by atoms with Gasteiger partial charge in [0.15, 0.2) is 0 Å². The van der Waals surface area contributed by atoms with Crippen LogP contribution in [0.3, 0.4) is 0 Å². The smallest absolute Gasteiger partial charge is 0.214 e. The minimum Gasteiger partial charge on any atom is -0.481 e. The summed E-state index contributed by atoms with van der Waals surface area (Å²) in [4.78, 5) is 18.9. The van der Waals surface area contributed by atoms with E-state index in [1.54, 1.807) is 12.0 Å². The highest BCUT2D eigenvalue weighted by Crippen LogP contribution is 2.16. The molecular weight excluding hydrogens is 206 g/mol. The fourth-order valence-corrected chi connectivity index (χ4v) is 1.75. The monoisotopic (exact) mass is 221 g/mol. The van der Waals surface area contributed by atoms with Crippen molar-refractivity contribution in [2.24, 2.45) is 0 Å². The molecule has 1 amide bonds. The molecule has 0 bridgehead atoms. The summed E-state index contributed by atoms with van der Waals surface area (Å²) >= 11 is 0. The van der Waals surface area contributed by atoms with Crippen molar-refractivity contribution in [1.29, 1.82) is 0 Å². The van der Waals surface area contributed by atoms with E-state index in [-0.39, 0.29) is 0 Å². The van der Waals surface area contributed by atoms with Crippen molar-refractivity contribution < 1.29 is 9.53 Å². The molecule has 2 rings (SSSR count). The number of carbonyl (C=O) groups excluding carboxylic acids is 1. The van der Waals surface area contributed by atoms with Gasteiger partial charge in [0.25, 0.3) is 0 Å². The van der Waals surface area contributed by atoms with Crippen molar-refractivity contribution in [3.8, 4) is 5.88 Å². The number of amides is 1. The van der Waals surface area contributed by atoms with Crippen LogP contribution in [-0.2, 0) is 4.79 Å². The Kier molecular flexibility index (Phi) is 3.24. The second-order valence-electron chi connectivity index (χ2n) is 3.67. The Labute approximate surface area is 94.6 Å². The van der Waals surface area contributed by atoms with Gasteiger partial charge >= 0.3 is 0 Å². The van der Waals surface area contributed by atoms with Crippen LogP contribution in [-0.4, -0.2) is 49.6 Å². The summed E-state index contributed by atoms with van der Waals surface area (Å²) < 4.78 is 5.08. The highest BCUT2D eigenvalue weighted by atomic mass is 16.5. The zero-order valence-corrected chi connectivity index (χ0v) is 9.30. The minimum absolute atomic E-state index is 0.621. The van der Waals surface area contributed by atoms with Crippen LogP contribution in [0.25, 0.3) is 0 Å². The Morgan fingerprint density at radius 1 is 1.31 bits per heavy atom. The van der Waals surface area contributed by atoms with Crippen LogP contribution in [0.15, 0.2) is 18.2 Å². The van der Waals surface area contributed by atoms with E-state index in [1.165, 1.54) is 0 Å². The van der Waals surface area contributed by atoms with Gasteiger partial charge in [-0.05, 0) is 6.07 Å². The van der Waals surface area contributed by atoms with E-state index in [2.05, 4.69) is 9.88 Å². The Morgan fingerprint density at radius 3 is 2.69 bits per heavy atom. The molecule has 0 saturated carbocycles. The van der Waals surface area contributed by atoms with Crippen LogP contribution in [0.1, 0.15) is 0 Å². The molecule has 1 aromatic rings. The molecule has 0 radical (unpaired) electrons. The zero-order valence-electron chi connectivity index (χ0n) is 9.30. The van der Waals surface area contributed by atoms with Crippen molar-refractivity contribution in [3.05, 3.63) is 18.2 Å². The Hall–Kier alpha value is -1.78. The Bertz CT molecular complexity index is 362. The molecule has 5 heteroatoms. The average molecular weight is 221 g/mol. The molecule has 0 aromatic carbocycles. The predicted molar refractivity (Wildman–Crippen MR) is 60.6 cm³/mol. The molecule has 1 aliphatic rings. The van der Waals surface area contributed by atoms with Gasteiger partial charge in [0.1, 0.15) is 5.82 Å². The molecule has 2 heterocycles. The highest BCUT2D eigenvalue weighted by Gasteiger charge is 2.16. The second-order valence-corrected chi connectivity index (χ2v) is 3.67. The molecule has 1 aliphatic heterocycles. The minimum atomic E-state index is 0.621. The van der Waals surface area contributed by atoms with Gasteiger partial charge in [-0.3, -0.25) is 4.79 Å². The number of nitrogens with zero attached hydrogens (tertiary/aromatic N) is 3. The molecule has 1 aromatic heterocycles. The standard InChI is InChI=1S/C11H15N3O2/c1-16-11-4-2-3-10(12-11)14-7-5-13(9-15)6-8-14/h2-4,9H,5-8H2,1H3. The van der Waals surface area contributed by atoms with Crippen molar-refractivity contribution in [1.82, 2.24) is 9.88 Å². The van der Waals surface area contributed by atoms with Crippen LogP contribution in [0.2, 0.25) is 0 Å². The largest absolute Gasteiger partial charge is 0.481 e. The van der Waals surface area contributed by atoms with Gasteiger partial charge in [0.2, 0.25) is 12.3 Å². The average Bonchev–Trinajstić information content (AvgIpc) is 2.39. The summed E-state index contributed by atoms with van der Waals surface area (Å²) in [6.07, 6.45) is 0.899. The summed E-state index contributed by atoms with van der Waals surface area (Å²) in [6.45, 7) is 3.14. The van der Waals surface area contributed by atoms with Crippen LogP contribution >= 0.6 is 0 Å². The van der Waals surface area contributed by atoms with Gasteiger partial charge in [0.05, 0.1) is 7.11 Å². The number of rotatable bonds is 3. The van der Waals surface area contributed by atoms with Gasteiger partial charge in [-0.15, -0.1) is 0 Å². The van der Waals surface area contributed by atoms with E-state index in [0.717, 1.165) is 38.4 Å². The normalized spacial score (nSPS) is 16.1. The fraction of sp³-hybridized carbons (Fsp3) is 0.455. The molecule has 0 aliphatic carbocycles. The number of anilines is 1. The van der Waals surface area contributed by atoms with Crippen LogP contribution in [0, 0.1) is 0 Å². The number of hydrogen-bond acceptors (Lipinski definition) is 4. The van der Waals surface area contributed by atoms with Gasteiger partial charge < -0.3 is 14.5 Å². The number of carbonyl (C=O) groups is 1. The number of ether oxygens (including phenoxy) is 1. The maximum Gasteiger partial charge on any atom is 0.214 e. The zero-order chi connectivity index (χ0) is 11.4. The van der Waals surface area contributed by atoms with E-state index >= 15 is 0 Å². The van der Waals surface area contributed by atoms with Crippen molar-refractivity contribution >= 4 is 12.2 Å². The molecule has 1 fully saturated rings. The number of pyridine rings is 1. The van der Waals surface area contributed by atoms with Crippen LogP contribution in [0.5, 0.6) is 5.88 Å². The number of aromatic nitrogens is 1. The maximum absolute atomic E-state index is 10.6. The third-order valence-electron chi connectivity index (χ3n) is 2.71. The van der Waals surface area contributed by atoms with Gasteiger partial charge in [-0.2, -0.15) is 4.98 Å². The number of methoxy groups -OCH3 is 1. The SMILES string of the molecule is COc1cccc(N2CCN(C=O)CC2)n1. The molecule has 0 unspecified atom stereocenters. The third-order valence-corrected chi connectivity index (χ3v) is 2.71. The fourth-order valence-electron chi connectivity index (χ4n) is 1.75. The van der Waals surface area contributed by atoms with E-state index in [9.17, 15) is 4.79 Å². The van der Waals surface area contributed by atoms with Crippen molar-refractivity contribution in [3.63, 3.8) is 0 Å². The van der Waals surface area contributed by atoms with Gasteiger partial charge in [0, 0.05) is 32.2 Å². The van der Waals surface area contributed by atoms with Crippen molar-refractivity contribution in [2.75, 3.05) is 38.2 Å². The summed E-state index contributed by atoms with van der Waals surface area (Å²) in [5.41, 5.74) is 0. The first-order valence-corrected chi connectivity index (χ1v) is 5.29. The number of hydrogen-bond donors (Lipinski definition) is 0. The summed E-state index contributed by atoms with van der Waals surface area (Å²) in [7, 11) is 1.61. The quantitative estimate of drug-likeness (QED) is 0.692. The molecule has 16 heavy (non-hydrogen) atoms. The number of piperazine rings is 1.